The average molecular weight is 339 g/mol. The van der Waals surface area contributed by atoms with E-state index in [1.807, 2.05) is 12.1 Å². The van der Waals surface area contributed by atoms with Crippen LogP contribution in [0.25, 0.3) is 0 Å². The zero-order valence-electron chi connectivity index (χ0n) is 13.7. The summed E-state index contributed by atoms with van der Waals surface area (Å²) in [7, 11) is 0. The maximum Gasteiger partial charge on any atom is 0.223 e. The smallest absolute Gasteiger partial charge is 0.223 e. The van der Waals surface area contributed by atoms with Crippen LogP contribution in [-0.4, -0.2) is 35.0 Å². The fourth-order valence-corrected chi connectivity index (χ4v) is 2.83. The van der Waals surface area contributed by atoms with E-state index >= 15 is 0 Å². The fraction of sp³-hybridized carbons (Fsp3) is 0.316. The maximum atomic E-state index is 13.1. The third-order valence-corrected chi connectivity index (χ3v) is 4.19. The molecule has 1 amide bonds. The van der Waals surface area contributed by atoms with Gasteiger partial charge in [0.25, 0.3) is 0 Å². The zero-order chi connectivity index (χ0) is 17.6. The molecule has 0 radical (unpaired) electrons. The van der Waals surface area contributed by atoms with Crippen LogP contribution in [0.4, 0.5) is 4.39 Å². The molecule has 0 spiro atoms. The number of aryl methyl sites for hydroxylation is 1. The SMILES string of the molecule is N#Cc1ccc(CCC(=O)N2CCC(Oc3cccc(F)n3)C2)cc1. The first-order valence-electron chi connectivity index (χ1n) is 8.20. The minimum Gasteiger partial charge on any atom is -0.472 e. The number of hydrogen-bond donors (Lipinski definition) is 0. The maximum absolute atomic E-state index is 13.1. The number of carbonyl (C=O) groups excluding carboxylic acids is 1. The number of amides is 1. The van der Waals surface area contributed by atoms with Gasteiger partial charge in [0.05, 0.1) is 18.2 Å². The van der Waals surface area contributed by atoms with Crippen molar-refractivity contribution in [1.82, 2.24) is 9.88 Å². The molecule has 1 unspecified atom stereocenters. The Morgan fingerprint density at radius 3 is 2.84 bits per heavy atom. The second kappa shape index (κ2) is 7.75. The molecule has 2 aromatic rings. The molecule has 3 rings (SSSR count). The summed E-state index contributed by atoms with van der Waals surface area (Å²) >= 11 is 0. The van der Waals surface area contributed by atoms with Crippen molar-refractivity contribution in [3.63, 3.8) is 0 Å². The first kappa shape index (κ1) is 16.9. The minimum absolute atomic E-state index is 0.0719. The lowest BCUT2D eigenvalue weighted by Gasteiger charge is -2.17. The molecule has 1 aliphatic heterocycles. The summed E-state index contributed by atoms with van der Waals surface area (Å²) in [4.78, 5) is 17.8. The number of likely N-dealkylation sites (tertiary alicyclic amines) is 1. The van der Waals surface area contributed by atoms with Gasteiger partial charge in [-0.15, -0.1) is 0 Å². The first-order chi connectivity index (χ1) is 12.1. The molecule has 0 N–H and O–H groups in total. The third-order valence-electron chi connectivity index (χ3n) is 4.19. The molecule has 0 aliphatic carbocycles. The Morgan fingerprint density at radius 1 is 1.32 bits per heavy atom. The van der Waals surface area contributed by atoms with Crippen LogP contribution in [0.5, 0.6) is 5.88 Å². The van der Waals surface area contributed by atoms with Crippen LogP contribution < -0.4 is 4.74 Å². The highest BCUT2D eigenvalue weighted by molar-refractivity contribution is 5.76. The summed E-state index contributed by atoms with van der Waals surface area (Å²) in [5, 5.41) is 8.79. The third kappa shape index (κ3) is 4.54. The van der Waals surface area contributed by atoms with E-state index in [4.69, 9.17) is 10.00 Å². The number of nitriles is 1. The molecule has 1 saturated heterocycles. The normalized spacial score (nSPS) is 16.5. The van der Waals surface area contributed by atoms with Crippen molar-refractivity contribution in [2.75, 3.05) is 13.1 Å². The summed E-state index contributed by atoms with van der Waals surface area (Å²) in [5.41, 5.74) is 1.64. The molecule has 128 valence electrons. The summed E-state index contributed by atoms with van der Waals surface area (Å²) in [6.07, 6.45) is 1.60. The Morgan fingerprint density at radius 2 is 2.12 bits per heavy atom. The standard InChI is InChI=1S/C19H18FN3O2/c20-17-2-1-3-18(22-17)25-16-10-11-23(13-16)19(24)9-8-14-4-6-15(12-21)7-5-14/h1-7,16H,8-11,13H2. The van der Waals surface area contributed by atoms with E-state index < -0.39 is 5.95 Å². The Hall–Kier alpha value is -2.94. The molecular weight excluding hydrogens is 321 g/mol. The van der Waals surface area contributed by atoms with Gasteiger partial charge in [0.15, 0.2) is 0 Å². The van der Waals surface area contributed by atoms with Crippen molar-refractivity contribution in [3.05, 3.63) is 59.5 Å². The number of rotatable bonds is 5. The molecule has 1 aliphatic rings. The lowest BCUT2D eigenvalue weighted by molar-refractivity contribution is -0.130. The zero-order valence-corrected chi connectivity index (χ0v) is 13.7. The van der Waals surface area contributed by atoms with E-state index in [9.17, 15) is 9.18 Å². The van der Waals surface area contributed by atoms with Gasteiger partial charge in [-0.3, -0.25) is 4.79 Å². The molecular formula is C19H18FN3O2. The number of pyridine rings is 1. The molecule has 0 bridgehead atoms. The van der Waals surface area contributed by atoms with Crippen LogP contribution in [0.1, 0.15) is 24.0 Å². The van der Waals surface area contributed by atoms with E-state index in [0.717, 1.165) is 5.56 Å². The van der Waals surface area contributed by atoms with Crippen molar-refractivity contribution < 1.29 is 13.9 Å². The Labute approximate surface area is 145 Å². The van der Waals surface area contributed by atoms with Crippen LogP contribution in [0.3, 0.4) is 0 Å². The van der Waals surface area contributed by atoms with Crippen molar-refractivity contribution in [1.29, 1.82) is 5.26 Å². The molecule has 6 heteroatoms. The molecule has 0 saturated carbocycles. The van der Waals surface area contributed by atoms with Crippen LogP contribution in [0.15, 0.2) is 42.5 Å². The Balaban J connectivity index is 1.48. The molecule has 5 nitrogen and oxygen atoms in total. The van der Waals surface area contributed by atoms with E-state index in [2.05, 4.69) is 11.1 Å². The predicted octanol–water partition coefficient (Wildman–Crippen LogP) is 2.70. The van der Waals surface area contributed by atoms with Crippen LogP contribution in [0.2, 0.25) is 0 Å². The van der Waals surface area contributed by atoms with E-state index in [0.29, 0.717) is 37.9 Å². The topological polar surface area (TPSA) is 66.2 Å². The summed E-state index contributed by atoms with van der Waals surface area (Å²) < 4.78 is 18.7. The largest absolute Gasteiger partial charge is 0.472 e. The number of benzene rings is 1. The van der Waals surface area contributed by atoms with Crippen LogP contribution in [-0.2, 0) is 11.2 Å². The number of aromatic nitrogens is 1. The highest BCUT2D eigenvalue weighted by atomic mass is 19.1. The number of nitrogens with zero attached hydrogens (tertiary/aromatic N) is 3. The highest BCUT2D eigenvalue weighted by Crippen LogP contribution is 2.18. The highest BCUT2D eigenvalue weighted by Gasteiger charge is 2.27. The summed E-state index contributed by atoms with van der Waals surface area (Å²) in [5.74, 6) is -0.259. The van der Waals surface area contributed by atoms with Gasteiger partial charge in [-0.1, -0.05) is 18.2 Å². The lowest BCUT2D eigenvalue weighted by atomic mass is 10.1. The van der Waals surface area contributed by atoms with Gasteiger partial charge in [0, 0.05) is 25.5 Å². The quantitative estimate of drug-likeness (QED) is 0.786. The van der Waals surface area contributed by atoms with Gasteiger partial charge >= 0.3 is 0 Å². The number of ether oxygens (including phenoxy) is 1. The second-order valence-electron chi connectivity index (χ2n) is 5.98. The van der Waals surface area contributed by atoms with Crippen molar-refractivity contribution in [2.45, 2.75) is 25.4 Å². The van der Waals surface area contributed by atoms with Gasteiger partial charge < -0.3 is 9.64 Å². The average Bonchev–Trinajstić information content (AvgIpc) is 3.08. The van der Waals surface area contributed by atoms with E-state index in [1.54, 1.807) is 29.2 Å². The van der Waals surface area contributed by atoms with Gasteiger partial charge in [0.1, 0.15) is 6.10 Å². The number of hydrogen-bond acceptors (Lipinski definition) is 4. The summed E-state index contributed by atoms with van der Waals surface area (Å²) in [6.45, 7) is 1.12. The van der Waals surface area contributed by atoms with Crippen molar-refractivity contribution in [2.24, 2.45) is 0 Å². The van der Waals surface area contributed by atoms with Crippen LogP contribution in [0, 0.1) is 17.3 Å². The molecule has 1 aromatic heterocycles. The lowest BCUT2D eigenvalue weighted by Crippen LogP contribution is -2.31. The van der Waals surface area contributed by atoms with Crippen LogP contribution >= 0.6 is 0 Å². The Bertz CT molecular complexity index is 786. The van der Waals surface area contributed by atoms with Gasteiger partial charge in [-0.05, 0) is 30.2 Å². The van der Waals surface area contributed by atoms with Gasteiger partial charge in [-0.2, -0.15) is 14.6 Å². The number of halogens is 1. The molecule has 1 atom stereocenters. The molecule has 25 heavy (non-hydrogen) atoms. The van der Waals surface area contributed by atoms with Gasteiger partial charge in [0.2, 0.25) is 17.7 Å². The second-order valence-corrected chi connectivity index (χ2v) is 5.98. The first-order valence-corrected chi connectivity index (χ1v) is 8.20. The van der Waals surface area contributed by atoms with E-state index in [-0.39, 0.29) is 17.9 Å². The predicted molar refractivity (Wildman–Crippen MR) is 89.3 cm³/mol. The fourth-order valence-electron chi connectivity index (χ4n) is 2.83. The Kier molecular flexibility index (Phi) is 5.24. The molecule has 1 fully saturated rings. The molecule has 2 heterocycles. The molecule has 1 aromatic carbocycles. The van der Waals surface area contributed by atoms with Gasteiger partial charge in [-0.25, -0.2) is 0 Å². The summed E-state index contributed by atoms with van der Waals surface area (Å²) in [6, 6.07) is 13.8. The van der Waals surface area contributed by atoms with Crippen molar-refractivity contribution in [3.8, 4) is 11.9 Å². The van der Waals surface area contributed by atoms with E-state index in [1.165, 1.54) is 6.07 Å². The number of carbonyl (C=O) groups is 1. The monoisotopic (exact) mass is 339 g/mol. The minimum atomic E-state index is -0.578. The van der Waals surface area contributed by atoms with Crippen molar-refractivity contribution >= 4 is 5.91 Å².